The van der Waals surface area contributed by atoms with E-state index < -0.39 is 6.10 Å². The summed E-state index contributed by atoms with van der Waals surface area (Å²) in [6.45, 7) is 1.88. The predicted molar refractivity (Wildman–Crippen MR) is 97.2 cm³/mol. The van der Waals surface area contributed by atoms with Gasteiger partial charge in [-0.3, -0.25) is 9.69 Å². The molecule has 1 aliphatic heterocycles. The molecule has 0 spiro atoms. The summed E-state index contributed by atoms with van der Waals surface area (Å²) in [4.78, 5) is 15.0. The van der Waals surface area contributed by atoms with Crippen LogP contribution in [0.15, 0.2) is 30.3 Å². The zero-order valence-electron chi connectivity index (χ0n) is 15.1. The van der Waals surface area contributed by atoms with Gasteiger partial charge in [-0.1, -0.05) is 43.2 Å². The van der Waals surface area contributed by atoms with Gasteiger partial charge in [-0.15, -0.1) is 0 Å². The number of aliphatic hydroxyl groups excluding tert-OH is 1. The third-order valence-electron chi connectivity index (χ3n) is 5.62. The van der Waals surface area contributed by atoms with Gasteiger partial charge >= 0.3 is 0 Å². The van der Waals surface area contributed by atoms with Crippen molar-refractivity contribution in [2.24, 2.45) is 0 Å². The number of ether oxygens (including phenoxy) is 1. The number of hydrogen-bond acceptors (Lipinski definition) is 4. The van der Waals surface area contributed by atoms with Crippen molar-refractivity contribution in [1.29, 1.82) is 0 Å². The smallest absolute Gasteiger partial charge is 0.253 e. The van der Waals surface area contributed by atoms with Crippen LogP contribution in [0, 0.1) is 0 Å². The normalized spacial score (nSPS) is 27.0. The van der Waals surface area contributed by atoms with Crippen LogP contribution in [0.1, 0.15) is 50.2 Å². The van der Waals surface area contributed by atoms with Crippen LogP contribution in [0.2, 0.25) is 0 Å². The molecule has 0 bridgehead atoms. The molecule has 138 valence electrons. The first kappa shape index (κ1) is 18.4. The molecular formula is C20H30N2O3. The Morgan fingerprint density at radius 3 is 2.48 bits per heavy atom. The van der Waals surface area contributed by atoms with E-state index >= 15 is 0 Å². The highest BCUT2D eigenvalue weighted by atomic mass is 16.5. The third-order valence-corrected chi connectivity index (χ3v) is 5.62. The van der Waals surface area contributed by atoms with Gasteiger partial charge in [0.15, 0.2) is 6.10 Å². The number of aliphatic hydroxyl groups is 1. The molecule has 1 aliphatic carbocycles. The molecule has 2 fully saturated rings. The van der Waals surface area contributed by atoms with Crippen molar-refractivity contribution in [2.45, 2.75) is 62.8 Å². The summed E-state index contributed by atoms with van der Waals surface area (Å²) in [7, 11) is 1.57. The zero-order chi connectivity index (χ0) is 17.6. The maximum atomic E-state index is 12.6. The number of amides is 1. The van der Waals surface area contributed by atoms with E-state index in [0.717, 1.165) is 50.8 Å². The van der Waals surface area contributed by atoms with Gasteiger partial charge in [-0.2, -0.15) is 0 Å². The molecule has 3 atom stereocenters. The summed E-state index contributed by atoms with van der Waals surface area (Å²) in [5.74, 6) is -0.0650. The molecule has 2 N–H and O–H groups in total. The quantitative estimate of drug-likeness (QED) is 0.858. The minimum atomic E-state index is -0.556. The molecule has 1 heterocycles. The van der Waals surface area contributed by atoms with Crippen molar-refractivity contribution in [3.8, 4) is 0 Å². The Morgan fingerprint density at radius 1 is 1.16 bits per heavy atom. The van der Waals surface area contributed by atoms with Crippen LogP contribution >= 0.6 is 0 Å². The molecule has 0 radical (unpaired) electrons. The van der Waals surface area contributed by atoms with Crippen molar-refractivity contribution in [3.05, 3.63) is 35.9 Å². The fourth-order valence-corrected chi connectivity index (χ4v) is 4.19. The standard InChI is InChI=1S/C20H30N2O3/c1-25-19(15-7-3-2-4-8-15)20(24)21-16-11-13-22(14-12-16)17-9-5-6-10-18(17)23/h2-4,7-8,16-19,23H,5-6,9-14H2,1H3,(H,21,24). The van der Waals surface area contributed by atoms with E-state index in [1.807, 2.05) is 30.3 Å². The SMILES string of the molecule is COC(C(=O)NC1CCN(C2CCCCC2O)CC1)c1ccccc1. The van der Waals surface area contributed by atoms with Gasteiger partial charge in [-0.05, 0) is 31.2 Å². The Hall–Kier alpha value is -1.43. The Kier molecular flexibility index (Phi) is 6.45. The van der Waals surface area contributed by atoms with Crippen LogP contribution < -0.4 is 5.32 Å². The monoisotopic (exact) mass is 346 g/mol. The van der Waals surface area contributed by atoms with Gasteiger partial charge in [0.25, 0.3) is 5.91 Å². The van der Waals surface area contributed by atoms with E-state index in [1.54, 1.807) is 7.11 Å². The summed E-state index contributed by atoms with van der Waals surface area (Å²) in [6, 6.07) is 10.1. The van der Waals surface area contributed by atoms with E-state index in [9.17, 15) is 9.90 Å². The second-order valence-electron chi connectivity index (χ2n) is 7.26. The molecule has 1 amide bonds. The lowest BCUT2D eigenvalue weighted by Crippen LogP contribution is -2.52. The van der Waals surface area contributed by atoms with Gasteiger partial charge < -0.3 is 15.2 Å². The number of likely N-dealkylation sites (tertiary alicyclic amines) is 1. The molecule has 2 aliphatic rings. The minimum Gasteiger partial charge on any atom is -0.391 e. The molecule has 3 rings (SSSR count). The number of piperidine rings is 1. The average molecular weight is 346 g/mol. The predicted octanol–water partition coefficient (Wildman–Crippen LogP) is 2.26. The number of methoxy groups -OCH3 is 1. The van der Waals surface area contributed by atoms with Crippen LogP contribution in [0.5, 0.6) is 0 Å². The summed E-state index contributed by atoms with van der Waals surface area (Å²) >= 11 is 0. The van der Waals surface area contributed by atoms with E-state index in [4.69, 9.17) is 4.74 Å². The lowest BCUT2D eigenvalue weighted by atomic mass is 9.89. The van der Waals surface area contributed by atoms with Crippen molar-refractivity contribution >= 4 is 5.91 Å². The topological polar surface area (TPSA) is 61.8 Å². The van der Waals surface area contributed by atoms with E-state index in [2.05, 4.69) is 10.2 Å². The first-order chi connectivity index (χ1) is 12.2. The highest BCUT2D eigenvalue weighted by molar-refractivity contribution is 5.82. The van der Waals surface area contributed by atoms with Crippen LogP contribution in [-0.2, 0) is 9.53 Å². The second-order valence-corrected chi connectivity index (χ2v) is 7.26. The summed E-state index contributed by atoms with van der Waals surface area (Å²) in [5, 5.41) is 13.4. The molecule has 25 heavy (non-hydrogen) atoms. The maximum absolute atomic E-state index is 12.6. The Balaban J connectivity index is 1.50. The van der Waals surface area contributed by atoms with Crippen molar-refractivity contribution < 1.29 is 14.6 Å². The number of carbonyl (C=O) groups is 1. The van der Waals surface area contributed by atoms with Crippen molar-refractivity contribution in [1.82, 2.24) is 10.2 Å². The molecule has 1 aromatic carbocycles. The lowest BCUT2D eigenvalue weighted by molar-refractivity contribution is -0.132. The second kappa shape index (κ2) is 8.79. The van der Waals surface area contributed by atoms with Gasteiger partial charge in [0, 0.05) is 32.3 Å². The lowest BCUT2D eigenvalue weighted by Gasteiger charge is -2.41. The highest BCUT2D eigenvalue weighted by Gasteiger charge is 2.32. The number of benzene rings is 1. The fraction of sp³-hybridized carbons (Fsp3) is 0.650. The van der Waals surface area contributed by atoms with Crippen LogP contribution in [0.4, 0.5) is 0 Å². The first-order valence-corrected chi connectivity index (χ1v) is 9.49. The van der Waals surface area contributed by atoms with Crippen LogP contribution in [0.25, 0.3) is 0 Å². The van der Waals surface area contributed by atoms with Gasteiger partial charge in [0.2, 0.25) is 0 Å². The minimum absolute atomic E-state index is 0.0650. The van der Waals surface area contributed by atoms with Crippen LogP contribution in [0.3, 0.4) is 0 Å². The molecular weight excluding hydrogens is 316 g/mol. The molecule has 5 nitrogen and oxygen atoms in total. The highest BCUT2D eigenvalue weighted by Crippen LogP contribution is 2.26. The largest absolute Gasteiger partial charge is 0.391 e. The van der Waals surface area contributed by atoms with Gasteiger partial charge in [-0.25, -0.2) is 0 Å². The molecule has 3 unspecified atom stereocenters. The molecule has 1 saturated carbocycles. The summed E-state index contributed by atoms with van der Waals surface area (Å²) in [6.07, 6.45) is 5.49. The molecule has 1 aromatic rings. The fourth-order valence-electron chi connectivity index (χ4n) is 4.19. The van der Waals surface area contributed by atoms with Crippen molar-refractivity contribution in [3.63, 3.8) is 0 Å². The number of carbonyl (C=O) groups excluding carboxylic acids is 1. The number of nitrogens with zero attached hydrogens (tertiary/aromatic N) is 1. The summed E-state index contributed by atoms with van der Waals surface area (Å²) in [5.41, 5.74) is 0.880. The van der Waals surface area contributed by atoms with E-state index in [0.29, 0.717) is 6.04 Å². The first-order valence-electron chi connectivity index (χ1n) is 9.49. The Bertz CT molecular complexity index is 543. The molecule has 0 aromatic heterocycles. The number of rotatable bonds is 5. The maximum Gasteiger partial charge on any atom is 0.253 e. The Labute approximate surface area is 150 Å². The average Bonchev–Trinajstić information content (AvgIpc) is 2.64. The van der Waals surface area contributed by atoms with Gasteiger partial charge in [0.05, 0.1) is 6.10 Å². The van der Waals surface area contributed by atoms with Gasteiger partial charge in [0.1, 0.15) is 0 Å². The molecule has 5 heteroatoms. The zero-order valence-corrected chi connectivity index (χ0v) is 15.1. The van der Waals surface area contributed by atoms with Crippen molar-refractivity contribution in [2.75, 3.05) is 20.2 Å². The Morgan fingerprint density at radius 2 is 1.84 bits per heavy atom. The van der Waals surface area contributed by atoms with E-state index in [-0.39, 0.29) is 18.1 Å². The number of hydrogen-bond donors (Lipinski definition) is 2. The third kappa shape index (κ3) is 4.60. The van der Waals surface area contributed by atoms with Crippen LogP contribution in [-0.4, -0.2) is 54.3 Å². The molecule has 1 saturated heterocycles. The van der Waals surface area contributed by atoms with E-state index in [1.165, 1.54) is 6.42 Å². The summed E-state index contributed by atoms with van der Waals surface area (Å²) < 4.78 is 5.41. The number of nitrogens with one attached hydrogen (secondary N) is 1.